The molecule has 4 saturated heterocycles. The summed E-state index contributed by atoms with van der Waals surface area (Å²) in [4.78, 5) is 0. The molecule has 0 aromatic rings. The van der Waals surface area contributed by atoms with Gasteiger partial charge in [0.1, 0.15) is 91.6 Å². The van der Waals surface area contributed by atoms with Gasteiger partial charge in [-0.15, -0.1) is 0 Å². The number of fused-ring (bicyclic) bond motifs is 5. The summed E-state index contributed by atoms with van der Waals surface area (Å²) in [5.74, 6) is -0.831. The number of ether oxygens (including phenoxy) is 8. The molecule has 30 atom stereocenters. The molecule has 4 aliphatic heterocycles. The highest BCUT2D eigenvalue weighted by molar-refractivity contribution is 5.21. The van der Waals surface area contributed by atoms with E-state index < -0.39 is 182 Å². The van der Waals surface area contributed by atoms with Crippen LogP contribution in [0.1, 0.15) is 107 Å². The van der Waals surface area contributed by atoms with Crippen LogP contribution in [-0.4, -0.2) is 244 Å². The summed E-state index contributed by atoms with van der Waals surface area (Å²) in [5, 5.41) is 164. The highest BCUT2D eigenvalue weighted by Gasteiger charge is 2.73. The van der Waals surface area contributed by atoms with Crippen LogP contribution in [-0.2, 0) is 37.9 Å². The van der Waals surface area contributed by atoms with Crippen molar-refractivity contribution in [1.29, 1.82) is 0 Å². The Morgan fingerprint density at radius 2 is 1.16 bits per heavy atom. The minimum atomic E-state index is -1.92. The normalized spacial score (nSPS) is 53.2. The zero-order valence-electron chi connectivity index (χ0n) is 45.0. The number of allylic oxidation sites excluding steroid dienone is 2. The molecule has 0 radical (unpaired) electrons. The van der Waals surface area contributed by atoms with Gasteiger partial charge in [-0.2, -0.15) is 0 Å². The van der Waals surface area contributed by atoms with Crippen molar-refractivity contribution < 1.29 is 114 Å². The van der Waals surface area contributed by atoms with Crippen molar-refractivity contribution in [3.8, 4) is 0 Å². The summed E-state index contributed by atoms with van der Waals surface area (Å²) in [6, 6.07) is 0. The van der Waals surface area contributed by atoms with Gasteiger partial charge in [0, 0.05) is 0 Å². The highest BCUT2D eigenvalue weighted by atomic mass is 16.8. The molecule has 23 nitrogen and oxygen atoms in total. The van der Waals surface area contributed by atoms with E-state index in [9.17, 15) is 76.6 Å². The van der Waals surface area contributed by atoms with Crippen molar-refractivity contribution in [2.75, 3.05) is 26.4 Å². The van der Waals surface area contributed by atoms with E-state index in [2.05, 4.69) is 26.8 Å². The maximum absolute atomic E-state index is 12.8. The van der Waals surface area contributed by atoms with Gasteiger partial charge in [0.2, 0.25) is 0 Å². The van der Waals surface area contributed by atoms with Crippen molar-refractivity contribution in [2.45, 2.75) is 247 Å². The second-order valence-corrected chi connectivity index (χ2v) is 25.5. The lowest BCUT2D eigenvalue weighted by molar-refractivity contribution is -0.386. The van der Waals surface area contributed by atoms with Crippen LogP contribution < -0.4 is 0 Å². The Morgan fingerprint density at radius 1 is 0.592 bits per heavy atom. The van der Waals surface area contributed by atoms with Crippen LogP contribution in [0.15, 0.2) is 11.6 Å². The standard InChI is InChI=1S/C53H90O23/c1-22(2)10-9-13-53(8,76-47-42(68)38(64)35(61)28(19-55)72-47)23-11-14-52(7)32(23)24(56)16-31-50(5)17-25(57)44(49(3,4)30(50)12-15-51(31,52)6)75-48-43(74-46-41(67)37(63)34(60)27(18-54)71-46)39(65)36(62)29(73-48)21-70-45-40(66)33(59)26(58)20-69-45/h10,23-48,54-68H,9,11-21H2,1-8H3/t23-,24+,25+,26?,27+,28+,29+,30?,31?,32-,33?,34+,35+,36+,37-,38-,39-,40?,41+,42+,43+,44-,45?,46-,47-,48-,50-,51+,52+,53-/m0/s1. The third kappa shape index (κ3) is 10.5. The molecule has 76 heavy (non-hydrogen) atoms. The lowest BCUT2D eigenvalue weighted by atomic mass is 9.35. The molecule has 440 valence electrons. The van der Waals surface area contributed by atoms with Crippen LogP contribution in [0.25, 0.3) is 0 Å². The van der Waals surface area contributed by atoms with Crippen LogP contribution in [0.3, 0.4) is 0 Å². The Morgan fingerprint density at radius 3 is 1.78 bits per heavy atom. The molecule has 0 spiro atoms. The SMILES string of the molecule is CC(C)=CCC[C@](C)(O[C@@H]1O[C@H](CO)[C@@H](O)[C@H](O)[C@H]1O)[C@H]1CC[C@]2(C)[C@@H]1[C@H](O)CC1[C@@]3(C)C[C@@H](O)[C@H](O[C@@H]4O[C@H](COC5OCC(O)C(O)C5O)[C@@H](O)[C@H](O)[C@H]4O[C@@H]4O[C@H](CO)[C@@H](O)[C@H](O)[C@H]4O)C(C)(C)C3CC[C@]12C. The molecule has 6 unspecified atom stereocenters. The monoisotopic (exact) mass is 1090 g/mol. The second kappa shape index (κ2) is 22.9. The van der Waals surface area contributed by atoms with Crippen molar-refractivity contribution in [3.05, 3.63) is 11.6 Å². The summed E-state index contributed by atoms with van der Waals surface area (Å²) in [7, 11) is 0. The number of aliphatic hydroxyl groups excluding tert-OH is 15. The summed E-state index contributed by atoms with van der Waals surface area (Å²) < 4.78 is 48.6. The fraction of sp³-hybridized carbons (Fsp3) is 0.962. The van der Waals surface area contributed by atoms with Gasteiger partial charge in [0.05, 0.1) is 50.3 Å². The summed E-state index contributed by atoms with van der Waals surface area (Å²) in [5.41, 5.74) is -2.27. The molecule has 0 amide bonds. The van der Waals surface area contributed by atoms with Gasteiger partial charge in [-0.1, -0.05) is 46.3 Å². The molecule has 0 aromatic carbocycles. The molecule has 4 saturated carbocycles. The first kappa shape index (κ1) is 60.9. The van der Waals surface area contributed by atoms with E-state index in [4.69, 9.17) is 37.9 Å². The minimum Gasteiger partial charge on any atom is -0.394 e. The summed E-state index contributed by atoms with van der Waals surface area (Å²) >= 11 is 0. The molecule has 0 bridgehead atoms. The maximum atomic E-state index is 12.8. The number of hydrogen-bond acceptors (Lipinski definition) is 23. The zero-order valence-corrected chi connectivity index (χ0v) is 45.0. The Bertz CT molecular complexity index is 1980. The molecule has 8 fully saturated rings. The molecule has 8 aliphatic rings. The predicted molar refractivity (Wildman–Crippen MR) is 262 cm³/mol. The zero-order chi connectivity index (χ0) is 55.9. The Balaban J connectivity index is 1.06. The topological polar surface area (TPSA) is 377 Å². The number of aliphatic hydroxyl groups is 15. The molecule has 4 heterocycles. The third-order valence-electron chi connectivity index (χ3n) is 20.4. The quantitative estimate of drug-likeness (QED) is 0.0591. The van der Waals surface area contributed by atoms with Gasteiger partial charge >= 0.3 is 0 Å². The third-order valence-corrected chi connectivity index (χ3v) is 20.4. The lowest BCUT2D eigenvalue weighted by Gasteiger charge is -2.71. The fourth-order valence-electron chi connectivity index (χ4n) is 16.1. The average Bonchev–Trinajstić information content (AvgIpc) is 3.75. The predicted octanol–water partition coefficient (Wildman–Crippen LogP) is -2.59. The summed E-state index contributed by atoms with van der Waals surface area (Å²) in [6.45, 7) is 14.3. The van der Waals surface area contributed by atoms with E-state index in [-0.39, 0.29) is 36.7 Å². The van der Waals surface area contributed by atoms with Crippen LogP contribution >= 0.6 is 0 Å². The molecular weight excluding hydrogens is 1000 g/mol. The largest absolute Gasteiger partial charge is 0.394 e. The lowest BCUT2D eigenvalue weighted by Crippen LogP contribution is -2.70. The van der Waals surface area contributed by atoms with Crippen molar-refractivity contribution in [2.24, 2.45) is 45.3 Å². The second-order valence-electron chi connectivity index (χ2n) is 25.5. The van der Waals surface area contributed by atoms with Gasteiger partial charge in [-0.3, -0.25) is 0 Å². The molecule has 8 rings (SSSR count). The smallest absolute Gasteiger partial charge is 0.187 e. The first-order chi connectivity index (χ1) is 35.5. The van der Waals surface area contributed by atoms with E-state index >= 15 is 0 Å². The molecule has 23 heteroatoms. The number of rotatable bonds is 15. The van der Waals surface area contributed by atoms with E-state index in [1.807, 2.05) is 34.6 Å². The summed E-state index contributed by atoms with van der Waals surface area (Å²) in [6.07, 6.45) is -27.3. The maximum Gasteiger partial charge on any atom is 0.187 e. The van der Waals surface area contributed by atoms with Crippen LogP contribution in [0.5, 0.6) is 0 Å². The van der Waals surface area contributed by atoms with Crippen LogP contribution in [0.2, 0.25) is 0 Å². The fourth-order valence-corrected chi connectivity index (χ4v) is 16.1. The van der Waals surface area contributed by atoms with E-state index in [0.717, 1.165) is 18.4 Å². The van der Waals surface area contributed by atoms with Crippen molar-refractivity contribution in [1.82, 2.24) is 0 Å². The van der Waals surface area contributed by atoms with Gasteiger partial charge in [-0.25, -0.2) is 0 Å². The average molecular weight is 1100 g/mol. The van der Waals surface area contributed by atoms with Crippen molar-refractivity contribution in [3.63, 3.8) is 0 Å². The van der Waals surface area contributed by atoms with E-state index in [0.29, 0.717) is 32.1 Å². The van der Waals surface area contributed by atoms with Gasteiger partial charge in [-0.05, 0) is 117 Å². The Kier molecular flexibility index (Phi) is 18.3. The molecule has 15 N–H and O–H groups in total. The van der Waals surface area contributed by atoms with E-state index in [1.165, 1.54) is 0 Å². The molecular formula is C53H90O23. The molecule has 4 aliphatic carbocycles. The van der Waals surface area contributed by atoms with Crippen molar-refractivity contribution >= 4 is 0 Å². The Labute approximate surface area is 444 Å². The first-order valence-corrected chi connectivity index (χ1v) is 27.4. The van der Waals surface area contributed by atoms with Gasteiger partial charge < -0.3 is 114 Å². The van der Waals surface area contributed by atoms with Gasteiger partial charge in [0.25, 0.3) is 0 Å². The molecule has 0 aromatic heterocycles. The number of hydrogen-bond donors (Lipinski definition) is 15. The minimum absolute atomic E-state index is 0.129. The van der Waals surface area contributed by atoms with Crippen LogP contribution in [0.4, 0.5) is 0 Å². The van der Waals surface area contributed by atoms with Gasteiger partial charge in [0.15, 0.2) is 25.2 Å². The first-order valence-electron chi connectivity index (χ1n) is 27.4. The Hall–Kier alpha value is -1.18. The van der Waals surface area contributed by atoms with E-state index in [1.54, 1.807) is 0 Å². The van der Waals surface area contributed by atoms with Crippen LogP contribution in [0, 0.1) is 45.3 Å². The highest BCUT2D eigenvalue weighted by Crippen LogP contribution is 2.76.